The molecule has 0 bridgehead atoms. The number of amides is 1. The van der Waals surface area contributed by atoms with E-state index in [0.29, 0.717) is 13.1 Å². The van der Waals surface area contributed by atoms with E-state index in [9.17, 15) is 9.59 Å². The van der Waals surface area contributed by atoms with Crippen molar-refractivity contribution in [1.29, 1.82) is 0 Å². The lowest BCUT2D eigenvalue weighted by molar-refractivity contribution is -0.123. The van der Waals surface area contributed by atoms with E-state index in [1.165, 1.54) is 0 Å². The first-order valence-corrected chi connectivity index (χ1v) is 10.5. The Hall–Kier alpha value is -1.96. The second kappa shape index (κ2) is 9.69. The number of piperazine rings is 1. The quantitative estimate of drug-likeness (QED) is 0.693. The molecule has 0 saturated carbocycles. The number of Topliss-reactive ketones (excluding diaryl/α,β-unsaturated/α-hetero) is 1. The predicted molar refractivity (Wildman–Crippen MR) is 115 cm³/mol. The van der Waals surface area contributed by atoms with E-state index in [-0.39, 0.29) is 17.2 Å². The van der Waals surface area contributed by atoms with Gasteiger partial charge in [0.25, 0.3) is 0 Å². The third kappa shape index (κ3) is 6.01. The number of anilines is 1. The highest BCUT2D eigenvalue weighted by Gasteiger charge is 2.29. The summed E-state index contributed by atoms with van der Waals surface area (Å²) in [6.45, 7) is 13.9. The molecule has 2 aliphatic rings. The Morgan fingerprint density at radius 2 is 1.62 bits per heavy atom. The van der Waals surface area contributed by atoms with Crippen LogP contribution < -0.4 is 10.2 Å². The molecule has 2 fully saturated rings. The van der Waals surface area contributed by atoms with Gasteiger partial charge >= 0.3 is 0 Å². The topological polar surface area (TPSA) is 65.1 Å². The van der Waals surface area contributed by atoms with E-state index in [2.05, 4.69) is 33.9 Å². The van der Waals surface area contributed by atoms with Crippen LogP contribution in [0.1, 0.15) is 31.1 Å². The lowest BCUT2D eigenvalue weighted by Gasteiger charge is -2.41. The number of nitrogens with zero attached hydrogens (tertiary/aromatic N) is 3. The van der Waals surface area contributed by atoms with E-state index >= 15 is 0 Å². The molecule has 7 nitrogen and oxygen atoms in total. The summed E-state index contributed by atoms with van der Waals surface area (Å²) < 4.78 is 5.42. The van der Waals surface area contributed by atoms with E-state index in [4.69, 9.17) is 4.74 Å². The molecule has 1 N–H and O–H groups in total. The normalized spacial score (nSPS) is 19.2. The highest BCUT2D eigenvalue weighted by molar-refractivity contribution is 5.94. The molecule has 2 saturated heterocycles. The summed E-state index contributed by atoms with van der Waals surface area (Å²) in [5.41, 5.74) is 1.81. The standard InChI is InChI=1S/C22H34N4O3/c1-18(27)19-4-6-20(7-5-19)25-10-8-24(9-11-25)16-21(28)23-17-22(2,3)26-12-14-29-15-13-26/h4-7H,8-17H2,1-3H3,(H,23,28). The van der Waals surface area contributed by atoms with Crippen molar-refractivity contribution in [3.8, 4) is 0 Å². The van der Waals surface area contributed by atoms with Crippen LogP contribution in [0.2, 0.25) is 0 Å². The Kier molecular flexibility index (Phi) is 7.27. The SMILES string of the molecule is CC(=O)c1ccc(N2CCN(CC(=O)NCC(C)(C)N3CCOCC3)CC2)cc1. The molecule has 160 valence electrons. The fraction of sp³-hybridized carbons (Fsp3) is 0.636. The predicted octanol–water partition coefficient (Wildman–Crippen LogP) is 1.24. The molecule has 1 amide bonds. The van der Waals surface area contributed by atoms with Crippen molar-refractivity contribution in [2.45, 2.75) is 26.3 Å². The number of hydrogen-bond acceptors (Lipinski definition) is 6. The number of ketones is 1. The number of carbonyl (C=O) groups excluding carboxylic acids is 2. The Balaban J connectivity index is 1.40. The van der Waals surface area contributed by atoms with Crippen molar-refractivity contribution >= 4 is 17.4 Å². The Morgan fingerprint density at radius 3 is 2.21 bits per heavy atom. The van der Waals surface area contributed by atoms with Crippen molar-refractivity contribution < 1.29 is 14.3 Å². The van der Waals surface area contributed by atoms with Gasteiger partial charge in [0.05, 0.1) is 19.8 Å². The highest BCUT2D eigenvalue weighted by atomic mass is 16.5. The summed E-state index contributed by atoms with van der Waals surface area (Å²) in [5, 5.41) is 3.12. The zero-order valence-corrected chi connectivity index (χ0v) is 17.9. The summed E-state index contributed by atoms with van der Waals surface area (Å²) in [5.74, 6) is 0.176. The van der Waals surface area contributed by atoms with E-state index in [0.717, 1.165) is 63.7 Å². The molecule has 0 unspecified atom stereocenters. The molecule has 0 aromatic heterocycles. The molecular formula is C22H34N4O3. The smallest absolute Gasteiger partial charge is 0.234 e. The molecule has 0 aliphatic carbocycles. The van der Waals surface area contributed by atoms with Gasteiger partial charge in [0.2, 0.25) is 5.91 Å². The maximum atomic E-state index is 12.5. The fourth-order valence-electron chi connectivity index (χ4n) is 3.93. The molecule has 3 rings (SSSR count). The van der Waals surface area contributed by atoms with E-state index in [1.807, 2.05) is 24.3 Å². The number of morpholine rings is 1. The lowest BCUT2D eigenvalue weighted by atomic mass is 10.0. The summed E-state index contributed by atoms with van der Waals surface area (Å²) >= 11 is 0. The summed E-state index contributed by atoms with van der Waals surface area (Å²) in [6, 6.07) is 7.78. The van der Waals surface area contributed by atoms with Gasteiger partial charge in [-0.15, -0.1) is 0 Å². The van der Waals surface area contributed by atoms with Crippen LogP contribution in [0.15, 0.2) is 24.3 Å². The van der Waals surface area contributed by atoms with Gasteiger partial charge in [0, 0.05) is 62.6 Å². The average Bonchev–Trinajstić information content (AvgIpc) is 2.74. The molecule has 2 aliphatic heterocycles. The minimum Gasteiger partial charge on any atom is -0.379 e. The monoisotopic (exact) mass is 402 g/mol. The van der Waals surface area contributed by atoms with Crippen LogP contribution in [0.25, 0.3) is 0 Å². The minimum absolute atomic E-state index is 0.0653. The molecule has 29 heavy (non-hydrogen) atoms. The molecule has 1 aromatic rings. The third-order valence-electron chi connectivity index (χ3n) is 5.96. The zero-order chi connectivity index (χ0) is 20.9. The molecule has 0 spiro atoms. The number of hydrogen-bond donors (Lipinski definition) is 1. The summed E-state index contributed by atoms with van der Waals surface area (Å²) in [4.78, 5) is 30.8. The maximum Gasteiger partial charge on any atom is 0.234 e. The average molecular weight is 403 g/mol. The third-order valence-corrected chi connectivity index (χ3v) is 5.96. The molecule has 1 aromatic carbocycles. The van der Waals surface area contributed by atoms with Crippen LogP contribution in [0.3, 0.4) is 0 Å². The maximum absolute atomic E-state index is 12.5. The van der Waals surface area contributed by atoms with Gasteiger partial charge in [-0.3, -0.25) is 19.4 Å². The molecule has 7 heteroatoms. The molecule has 0 radical (unpaired) electrons. The number of ether oxygens (including phenoxy) is 1. The van der Waals surface area contributed by atoms with Crippen LogP contribution in [-0.4, -0.2) is 92.6 Å². The fourth-order valence-corrected chi connectivity index (χ4v) is 3.93. The van der Waals surface area contributed by atoms with Crippen molar-refractivity contribution in [2.75, 3.05) is 70.5 Å². The van der Waals surface area contributed by atoms with Crippen LogP contribution >= 0.6 is 0 Å². The Morgan fingerprint density at radius 1 is 1.00 bits per heavy atom. The zero-order valence-electron chi connectivity index (χ0n) is 17.9. The van der Waals surface area contributed by atoms with Gasteiger partial charge in [-0.25, -0.2) is 0 Å². The van der Waals surface area contributed by atoms with Crippen LogP contribution in [-0.2, 0) is 9.53 Å². The van der Waals surface area contributed by atoms with E-state index in [1.54, 1.807) is 6.92 Å². The number of rotatable bonds is 7. The summed E-state index contributed by atoms with van der Waals surface area (Å²) in [6.07, 6.45) is 0. The molecule has 2 heterocycles. The molecule has 0 atom stereocenters. The van der Waals surface area contributed by atoms with Crippen LogP contribution in [0.5, 0.6) is 0 Å². The largest absolute Gasteiger partial charge is 0.379 e. The lowest BCUT2D eigenvalue weighted by Crippen LogP contribution is -2.56. The van der Waals surface area contributed by atoms with Crippen LogP contribution in [0.4, 0.5) is 5.69 Å². The van der Waals surface area contributed by atoms with Crippen molar-refractivity contribution in [3.63, 3.8) is 0 Å². The number of nitrogens with one attached hydrogen (secondary N) is 1. The van der Waals surface area contributed by atoms with Crippen molar-refractivity contribution in [3.05, 3.63) is 29.8 Å². The summed E-state index contributed by atoms with van der Waals surface area (Å²) in [7, 11) is 0. The first-order chi connectivity index (χ1) is 13.8. The first kappa shape index (κ1) is 21.7. The van der Waals surface area contributed by atoms with E-state index < -0.39 is 0 Å². The van der Waals surface area contributed by atoms with Gasteiger partial charge < -0.3 is 15.0 Å². The second-order valence-electron chi connectivity index (χ2n) is 8.55. The van der Waals surface area contributed by atoms with Gasteiger partial charge in [-0.1, -0.05) is 0 Å². The highest BCUT2D eigenvalue weighted by Crippen LogP contribution is 2.18. The van der Waals surface area contributed by atoms with Crippen molar-refractivity contribution in [1.82, 2.24) is 15.1 Å². The first-order valence-electron chi connectivity index (χ1n) is 10.5. The van der Waals surface area contributed by atoms with Gasteiger partial charge in [-0.2, -0.15) is 0 Å². The minimum atomic E-state index is -0.0653. The van der Waals surface area contributed by atoms with Crippen LogP contribution in [0, 0.1) is 0 Å². The second-order valence-corrected chi connectivity index (χ2v) is 8.55. The van der Waals surface area contributed by atoms with Gasteiger partial charge in [0.1, 0.15) is 0 Å². The van der Waals surface area contributed by atoms with Crippen molar-refractivity contribution in [2.24, 2.45) is 0 Å². The van der Waals surface area contributed by atoms with Gasteiger partial charge in [-0.05, 0) is 45.0 Å². The van der Waals surface area contributed by atoms with Gasteiger partial charge in [0.15, 0.2) is 5.78 Å². The Bertz CT molecular complexity index is 691. The molecular weight excluding hydrogens is 368 g/mol. The number of benzene rings is 1. The number of carbonyl (C=O) groups is 2. The Labute approximate surface area is 174 Å².